The highest BCUT2D eigenvalue weighted by Gasteiger charge is 2.44. The Morgan fingerprint density at radius 2 is 2.03 bits per heavy atom. The molecule has 2 aromatic rings. The van der Waals surface area contributed by atoms with Gasteiger partial charge in [0.15, 0.2) is 0 Å². The highest BCUT2D eigenvalue weighted by molar-refractivity contribution is 5.84. The zero-order valence-electron chi connectivity index (χ0n) is 17.3. The van der Waals surface area contributed by atoms with E-state index in [1.165, 1.54) is 4.90 Å². The van der Waals surface area contributed by atoms with E-state index in [2.05, 4.69) is 15.3 Å². The van der Waals surface area contributed by atoms with Crippen molar-refractivity contribution in [1.29, 1.82) is 0 Å². The van der Waals surface area contributed by atoms with E-state index in [0.717, 1.165) is 36.1 Å². The third-order valence-corrected chi connectivity index (χ3v) is 6.18. The van der Waals surface area contributed by atoms with Gasteiger partial charge in [0, 0.05) is 56.1 Å². The molecule has 0 unspecified atom stereocenters. The fourth-order valence-electron chi connectivity index (χ4n) is 4.38. The number of carbonyl (C=O) groups excluding carboxylic acids is 2. The first-order chi connectivity index (χ1) is 14.4. The maximum absolute atomic E-state index is 12.7. The standard InChI is InChI=1S/C21H26N6O3/c1-26(2)20(30)23-13-16(28)27-10-7-21(8-11-27)6-5-15-17(21)24-18(25-19(15)29)14-4-3-9-22-12-14/h3-4,9,12H,5-8,10-11,13H2,1-2H3,(H,23,30)(H,24,25,29). The van der Waals surface area contributed by atoms with Crippen LogP contribution in [0.3, 0.4) is 0 Å². The fraction of sp³-hybridized carbons (Fsp3) is 0.476. The van der Waals surface area contributed by atoms with Gasteiger partial charge in [0.1, 0.15) is 5.82 Å². The number of fused-ring (bicyclic) bond motifs is 2. The summed E-state index contributed by atoms with van der Waals surface area (Å²) in [5.41, 5.74) is 2.16. The molecule has 1 aliphatic carbocycles. The van der Waals surface area contributed by atoms with Crippen LogP contribution in [-0.2, 0) is 16.6 Å². The van der Waals surface area contributed by atoms with Crippen molar-refractivity contribution in [1.82, 2.24) is 30.1 Å². The van der Waals surface area contributed by atoms with Crippen molar-refractivity contribution in [3.8, 4) is 11.4 Å². The Morgan fingerprint density at radius 3 is 2.70 bits per heavy atom. The SMILES string of the molecule is CN(C)C(=O)NCC(=O)N1CCC2(CCc3c2nc(-c2cccnc2)[nH]c3=O)CC1. The number of nitrogens with one attached hydrogen (secondary N) is 2. The second-order valence-electron chi connectivity index (χ2n) is 8.20. The minimum atomic E-state index is -0.284. The molecule has 158 valence electrons. The van der Waals surface area contributed by atoms with Gasteiger partial charge in [-0.1, -0.05) is 0 Å². The Hall–Kier alpha value is -3.23. The van der Waals surface area contributed by atoms with Crippen LogP contribution in [0.1, 0.15) is 30.5 Å². The van der Waals surface area contributed by atoms with Crippen LogP contribution in [0.2, 0.25) is 0 Å². The van der Waals surface area contributed by atoms with E-state index in [9.17, 15) is 14.4 Å². The molecule has 2 N–H and O–H groups in total. The molecular formula is C21H26N6O3. The van der Waals surface area contributed by atoms with Crippen LogP contribution >= 0.6 is 0 Å². The Balaban J connectivity index is 1.50. The summed E-state index contributed by atoms with van der Waals surface area (Å²) in [4.78, 5) is 51.9. The summed E-state index contributed by atoms with van der Waals surface area (Å²) in [5, 5.41) is 2.62. The molecule has 3 amide bonds. The number of aromatic amines is 1. The summed E-state index contributed by atoms with van der Waals surface area (Å²) >= 11 is 0. The zero-order valence-corrected chi connectivity index (χ0v) is 17.3. The zero-order chi connectivity index (χ0) is 21.3. The molecule has 1 aliphatic heterocycles. The van der Waals surface area contributed by atoms with Gasteiger partial charge in [-0.25, -0.2) is 9.78 Å². The second-order valence-corrected chi connectivity index (χ2v) is 8.20. The van der Waals surface area contributed by atoms with E-state index >= 15 is 0 Å². The molecule has 4 rings (SSSR count). The molecule has 1 saturated heterocycles. The number of likely N-dealkylation sites (tertiary alicyclic amines) is 1. The maximum Gasteiger partial charge on any atom is 0.317 e. The van der Waals surface area contributed by atoms with Gasteiger partial charge < -0.3 is 20.1 Å². The number of rotatable bonds is 3. The predicted molar refractivity (Wildman–Crippen MR) is 111 cm³/mol. The van der Waals surface area contributed by atoms with Crippen molar-refractivity contribution in [3.05, 3.63) is 46.1 Å². The number of pyridine rings is 1. The summed E-state index contributed by atoms with van der Waals surface area (Å²) in [7, 11) is 3.27. The van der Waals surface area contributed by atoms with Gasteiger partial charge in [0.05, 0.1) is 12.2 Å². The van der Waals surface area contributed by atoms with E-state index in [1.807, 2.05) is 12.1 Å². The third kappa shape index (κ3) is 3.67. The molecule has 0 atom stereocenters. The Labute approximate surface area is 174 Å². The molecule has 0 saturated carbocycles. The lowest BCUT2D eigenvalue weighted by molar-refractivity contribution is -0.131. The van der Waals surface area contributed by atoms with Crippen molar-refractivity contribution < 1.29 is 9.59 Å². The average Bonchev–Trinajstić information content (AvgIpc) is 3.11. The molecule has 1 fully saturated rings. The lowest BCUT2D eigenvalue weighted by atomic mass is 9.76. The van der Waals surface area contributed by atoms with Gasteiger partial charge in [-0.3, -0.25) is 14.6 Å². The predicted octanol–water partition coefficient (Wildman–Crippen LogP) is 0.910. The summed E-state index contributed by atoms with van der Waals surface area (Å²) in [5.74, 6) is 0.450. The van der Waals surface area contributed by atoms with Crippen LogP contribution in [0.15, 0.2) is 29.3 Å². The monoisotopic (exact) mass is 410 g/mol. The average molecular weight is 410 g/mol. The first-order valence-electron chi connectivity index (χ1n) is 10.2. The van der Waals surface area contributed by atoms with Gasteiger partial charge in [0.2, 0.25) is 5.91 Å². The largest absolute Gasteiger partial charge is 0.341 e. The van der Waals surface area contributed by atoms with Gasteiger partial charge in [0.25, 0.3) is 5.56 Å². The van der Waals surface area contributed by atoms with Gasteiger partial charge in [-0.05, 0) is 37.8 Å². The van der Waals surface area contributed by atoms with Crippen molar-refractivity contribution in [2.75, 3.05) is 33.7 Å². The summed E-state index contributed by atoms with van der Waals surface area (Å²) in [6.07, 6.45) is 6.47. The molecule has 0 bridgehead atoms. The summed E-state index contributed by atoms with van der Waals surface area (Å²) in [6.45, 7) is 1.17. The molecule has 0 radical (unpaired) electrons. The molecule has 9 heteroatoms. The van der Waals surface area contributed by atoms with Gasteiger partial charge >= 0.3 is 6.03 Å². The van der Waals surface area contributed by atoms with Crippen molar-refractivity contribution in [3.63, 3.8) is 0 Å². The van der Waals surface area contributed by atoms with Gasteiger partial charge in [-0.15, -0.1) is 0 Å². The number of amides is 3. The number of hydrogen-bond acceptors (Lipinski definition) is 5. The normalized spacial score (nSPS) is 16.9. The topological polar surface area (TPSA) is 111 Å². The quantitative estimate of drug-likeness (QED) is 0.781. The molecule has 9 nitrogen and oxygen atoms in total. The molecule has 30 heavy (non-hydrogen) atoms. The minimum absolute atomic E-state index is 0.0102. The van der Waals surface area contributed by atoms with Crippen LogP contribution in [0.25, 0.3) is 11.4 Å². The first-order valence-corrected chi connectivity index (χ1v) is 10.2. The smallest absolute Gasteiger partial charge is 0.317 e. The Morgan fingerprint density at radius 1 is 1.27 bits per heavy atom. The van der Waals surface area contributed by atoms with Crippen molar-refractivity contribution >= 4 is 11.9 Å². The molecule has 1 spiro atoms. The fourth-order valence-corrected chi connectivity index (χ4v) is 4.38. The molecule has 0 aromatic carbocycles. The molecule has 3 heterocycles. The van der Waals surface area contributed by atoms with E-state index in [0.29, 0.717) is 25.3 Å². The van der Waals surface area contributed by atoms with E-state index < -0.39 is 0 Å². The number of aromatic nitrogens is 3. The number of H-pyrrole nitrogens is 1. The number of nitrogens with zero attached hydrogens (tertiary/aromatic N) is 4. The van der Waals surface area contributed by atoms with Crippen molar-refractivity contribution in [2.24, 2.45) is 0 Å². The first kappa shape index (κ1) is 20.1. The third-order valence-electron chi connectivity index (χ3n) is 6.18. The lowest BCUT2D eigenvalue weighted by Crippen LogP contribution is -2.49. The van der Waals surface area contributed by atoms with E-state index in [1.54, 1.807) is 31.4 Å². The second kappa shape index (κ2) is 7.89. The molecular weight excluding hydrogens is 384 g/mol. The van der Waals surface area contributed by atoms with E-state index in [4.69, 9.17) is 4.98 Å². The number of urea groups is 1. The summed E-state index contributed by atoms with van der Waals surface area (Å²) in [6, 6.07) is 3.41. The van der Waals surface area contributed by atoms with Crippen LogP contribution in [0.4, 0.5) is 4.79 Å². The highest BCUT2D eigenvalue weighted by Crippen LogP contribution is 2.44. The van der Waals surface area contributed by atoms with E-state index in [-0.39, 0.29) is 29.5 Å². The molecule has 2 aliphatic rings. The van der Waals surface area contributed by atoms with Crippen LogP contribution in [0.5, 0.6) is 0 Å². The highest BCUT2D eigenvalue weighted by atomic mass is 16.2. The minimum Gasteiger partial charge on any atom is -0.341 e. The Kier molecular flexibility index (Phi) is 5.27. The van der Waals surface area contributed by atoms with Crippen LogP contribution in [-0.4, -0.2) is 70.4 Å². The maximum atomic E-state index is 12.7. The van der Waals surface area contributed by atoms with Crippen LogP contribution in [0, 0.1) is 0 Å². The lowest BCUT2D eigenvalue weighted by Gasteiger charge is -2.39. The number of carbonyl (C=O) groups is 2. The Bertz CT molecular complexity index is 1010. The number of piperidine rings is 1. The number of hydrogen-bond donors (Lipinski definition) is 2. The molecule has 2 aromatic heterocycles. The van der Waals surface area contributed by atoms with Crippen LogP contribution < -0.4 is 10.9 Å². The van der Waals surface area contributed by atoms with Gasteiger partial charge in [-0.2, -0.15) is 0 Å². The summed E-state index contributed by atoms with van der Waals surface area (Å²) < 4.78 is 0. The van der Waals surface area contributed by atoms with Crippen molar-refractivity contribution in [2.45, 2.75) is 31.1 Å².